The van der Waals surface area contributed by atoms with E-state index in [2.05, 4.69) is 74.9 Å². The van der Waals surface area contributed by atoms with Crippen molar-refractivity contribution in [2.45, 2.75) is 131 Å². The average molecular weight is 862 g/mol. The zero-order valence-electron chi connectivity index (χ0n) is 36.2. The van der Waals surface area contributed by atoms with Crippen LogP contribution < -0.4 is 40.2 Å². The molecular formula is C45H70Cl2N6O4S. The van der Waals surface area contributed by atoms with E-state index in [0.29, 0.717) is 18.3 Å². The Morgan fingerprint density at radius 1 is 0.638 bits per heavy atom. The van der Waals surface area contributed by atoms with Crippen molar-refractivity contribution in [3.63, 3.8) is 0 Å². The molecule has 0 aliphatic heterocycles. The Morgan fingerprint density at radius 3 is 1.41 bits per heavy atom. The van der Waals surface area contributed by atoms with Crippen molar-refractivity contribution < 1.29 is 18.9 Å². The lowest BCUT2D eigenvalue weighted by Crippen LogP contribution is -2.36. The normalized spacial score (nSPS) is 11.9. The van der Waals surface area contributed by atoms with Crippen LogP contribution in [0.2, 0.25) is 0 Å². The van der Waals surface area contributed by atoms with E-state index < -0.39 is 0 Å². The number of thiocarbonyl (C=S) groups is 1. The number of hydrogen-bond donors (Lipinski definition) is 4. The fourth-order valence-electron chi connectivity index (χ4n) is 7.10. The van der Waals surface area contributed by atoms with Gasteiger partial charge in [-0.05, 0) is 101 Å². The zero-order chi connectivity index (χ0) is 40.3. The van der Waals surface area contributed by atoms with Crippen LogP contribution in [0.5, 0.6) is 23.0 Å². The molecule has 4 aromatic rings. The van der Waals surface area contributed by atoms with Gasteiger partial charge < -0.3 is 40.2 Å². The van der Waals surface area contributed by atoms with Crippen molar-refractivity contribution in [2.75, 3.05) is 51.2 Å². The lowest BCUT2D eigenvalue weighted by molar-refractivity contribution is 0.289. The molecule has 0 saturated carbocycles. The maximum atomic E-state index is 6.33. The number of halogens is 2. The molecule has 2 heterocycles. The number of rotatable bonds is 26. The van der Waals surface area contributed by atoms with Gasteiger partial charge >= 0.3 is 0 Å². The Kier molecular flexibility index (Phi) is 23.6. The summed E-state index contributed by atoms with van der Waals surface area (Å²) in [5.41, 5.74) is 6.19. The molecule has 2 atom stereocenters. The van der Waals surface area contributed by atoms with E-state index in [4.69, 9.17) is 41.1 Å². The molecule has 2 aromatic heterocycles. The molecule has 0 amide bonds. The summed E-state index contributed by atoms with van der Waals surface area (Å²) in [6, 6.07) is 8.68. The third-order valence-electron chi connectivity index (χ3n) is 10.2. The largest absolute Gasteiger partial charge is 0.493 e. The third kappa shape index (κ3) is 14.3. The first kappa shape index (κ1) is 50.5. The Morgan fingerprint density at radius 2 is 1.05 bits per heavy atom. The second-order valence-corrected chi connectivity index (χ2v) is 15.1. The number of nitrogens with one attached hydrogen (secondary N) is 4. The Bertz CT molecular complexity index is 1700. The van der Waals surface area contributed by atoms with Gasteiger partial charge in [-0.3, -0.25) is 9.97 Å². The predicted molar refractivity (Wildman–Crippen MR) is 253 cm³/mol. The number of nitrogens with zero attached hydrogens (tertiary/aromatic N) is 2. The molecule has 0 radical (unpaired) electrons. The summed E-state index contributed by atoms with van der Waals surface area (Å²) in [4.78, 5) is 9.60. The monoisotopic (exact) mass is 860 g/mol. The third-order valence-corrected chi connectivity index (χ3v) is 10.5. The molecule has 0 saturated heterocycles. The highest BCUT2D eigenvalue weighted by atomic mass is 35.5. The molecule has 324 valence electrons. The van der Waals surface area contributed by atoms with Gasteiger partial charge in [0.05, 0.1) is 60.6 Å². The summed E-state index contributed by atoms with van der Waals surface area (Å²) < 4.78 is 24.4. The standard InChI is InChI=1S/C45H68N6O4S.2ClH/c1-9-13-15-27-54-43-37(52-7)29-35(41-39(43)33(11-3)21-25-46-41)50-31(5)19-17-23-48-45(56)49-24-18-20-32(6)51-36-30-38(53-8)44(55-28-16-14-10-2)40-34(12-4)22-26-47-42(36)40;;/h21-22,25-26,29-32,50-51H,9-20,23-24,27-28H2,1-8H3,(H2,48,49,56);2*1H. The van der Waals surface area contributed by atoms with Crippen LogP contribution >= 0.6 is 37.0 Å². The minimum absolute atomic E-state index is 0. The number of benzene rings is 2. The van der Waals surface area contributed by atoms with Crippen molar-refractivity contribution in [3.8, 4) is 23.0 Å². The molecule has 0 spiro atoms. The molecule has 4 N–H and O–H groups in total. The van der Waals surface area contributed by atoms with E-state index in [9.17, 15) is 0 Å². The molecular weight excluding hydrogens is 792 g/mol. The van der Waals surface area contributed by atoms with Crippen LogP contribution in [0.4, 0.5) is 11.4 Å². The molecule has 10 nitrogen and oxygen atoms in total. The lowest BCUT2D eigenvalue weighted by Gasteiger charge is -2.21. The van der Waals surface area contributed by atoms with Crippen molar-refractivity contribution in [1.82, 2.24) is 20.6 Å². The van der Waals surface area contributed by atoms with Crippen LogP contribution in [0, 0.1) is 0 Å². The first-order valence-corrected chi connectivity index (χ1v) is 21.5. The number of unbranched alkanes of at least 4 members (excludes halogenated alkanes) is 4. The van der Waals surface area contributed by atoms with Gasteiger partial charge in [0.2, 0.25) is 0 Å². The average Bonchev–Trinajstić information content (AvgIpc) is 3.21. The first-order chi connectivity index (χ1) is 27.3. The smallest absolute Gasteiger partial charge is 0.170 e. The molecule has 0 fully saturated rings. The van der Waals surface area contributed by atoms with Gasteiger partial charge in [0.1, 0.15) is 0 Å². The number of methoxy groups -OCH3 is 2. The van der Waals surface area contributed by atoms with E-state index in [1.54, 1.807) is 14.2 Å². The molecule has 2 aromatic carbocycles. The first-order valence-electron chi connectivity index (χ1n) is 21.1. The van der Waals surface area contributed by atoms with Gasteiger partial charge in [0.25, 0.3) is 0 Å². The molecule has 4 rings (SSSR count). The van der Waals surface area contributed by atoms with E-state index >= 15 is 0 Å². The van der Waals surface area contributed by atoms with Gasteiger partial charge in [-0.1, -0.05) is 53.4 Å². The minimum atomic E-state index is 0. The number of anilines is 2. The molecule has 58 heavy (non-hydrogen) atoms. The van der Waals surface area contributed by atoms with Crippen molar-refractivity contribution in [3.05, 3.63) is 47.8 Å². The van der Waals surface area contributed by atoms with Crippen LogP contribution in [0.15, 0.2) is 36.7 Å². The van der Waals surface area contributed by atoms with E-state index in [-0.39, 0.29) is 36.9 Å². The Balaban J connectivity index is 0.00000580. The second-order valence-electron chi connectivity index (χ2n) is 14.7. The Labute approximate surface area is 365 Å². The molecule has 13 heteroatoms. The predicted octanol–water partition coefficient (Wildman–Crippen LogP) is 11.2. The summed E-state index contributed by atoms with van der Waals surface area (Å²) in [5.74, 6) is 3.07. The second kappa shape index (κ2) is 27.2. The van der Waals surface area contributed by atoms with Gasteiger partial charge in [-0.15, -0.1) is 24.8 Å². The number of aryl methyl sites for hydroxylation is 2. The lowest BCUT2D eigenvalue weighted by atomic mass is 10.0. The molecule has 2 unspecified atom stereocenters. The highest BCUT2D eigenvalue weighted by molar-refractivity contribution is 7.80. The van der Waals surface area contributed by atoms with Crippen molar-refractivity contribution in [2.24, 2.45) is 0 Å². The number of pyridine rings is 2. The number of ether oxygens (including phenoxy) is 4. The summed E-state index contributed by atoms with van der Waals surface area (Å²) in [6.45, 7) is 16.1. The van der Waals surface area contributed by atoms with Gasteiger partial charge in [-0.2, -0.15) is 0 Å². The number of hydrogen-bond acceptors (Lipinski definition) is 9. The fourth-order valence-corrected chi connectivity index (χ4v) is 7.31. The maximum Gasteiger partial charge on any atom is 0.170 e. The number of aromatic nitrogens is 2. The van der Waals surface area contributed by atoms with E-state index in [0.717, 1.165) is 146 Å². The minimum Gasteiger partial charge on any atom is -0.493 e. The van der Waals surface area contributed by atoms with Crippen LogP contribution in [0.1, 0.15) is 117 Å². The maximum absolute atomic E-state index is 6.33. The summed E-state index contributed by atoms with van der Waals surface area (Å²) in [6.07, 6.45) is 16.0. The summed E-state index contributed by atoms with van der Waals surface area (Å²) >= 11 is 5.62. The number of fused-ring (bicyclic) bond motifs is 2. The van der Waals surface area contributed by atoms with Crippen LogP contribution in [0.3, 0.4) is 0 Å². The molecule has 0 bridgehead atoms. The van der Waals surface area contributed by atoms with Crippen LogP contribution in [0.25, 0.3) is 21.8 Å². The van der Waals surface area contributed by atoms with Gasteiger partial charge in [-0.25, -0.2) is 0 Å². The zero-order valence-corrected chi connectivity index (χ0v) is 38.6. The SMILES string of the molecule is CCCCCOc1c(OC)cc(NC(C)CCCNC(=S)NCCCC(C)Nc2cc(OC)c(OCCCCC)c3c(CC)ccnc23)c2nccc(CC)c12.Cl.Cl. The van der Waals surface area contributed by atoms with Gasteiger partial charge in [0.15, 0.2) is 28.1 Å². The Hall–Kier alpha value is -3.67. The quantitative estimate of drug-likeness (QED) is 0.0358. The summed E-state index contributed by atoms with van der Waals surface area (Å²) in [7, 11) is 3.42. The molecule has 0 aliphatic rings. The van der Waals surface area contributed by atoms with Crippen LogP contribution in [-0.2, 0) is 12.8 Å². The fraction of sp³-hybridized carbons (Fsp3) is 0.578. The van der Waals surface area contributed by atoms with E-state index in [1.807, 2.05) is 24.5 Å². The molecule has 0 aliphatic carbocycles. The van der Waals surface area contributed by atoms with Crippen LogP contribution in [-0.4, -0.2) is 67.7 Å². The summed E-state index contributed by atoms with van der Waals surface area (Å²) in [5, 5.41) is 17.0. The van der Waals surface area contributed by atoms with Crippen molar-refractivity contribution >= 4 is 75.3 Å². The van der Waals surface area contributed by atoms with Gasteiger partial charge in [0, 0.05) is 49.7 Å². The van der Waals surface area contributed by atoms with Crippen molar-refractivity contribution in [1.29, 1.82) is 0 Å². The highest BCUT2D eigenvalue weighted by Gasteiger charge is 2.21. The van der Waals surface area contributed by atoms with E-state index in [1.165, 1.54) is 11.1 Å². The topological polar surface area (TPSA) is 111 Å². The highest BCUT2D eigenvalue weighted by Crippen LogP contribution is 2.43.